The number of nitrogens with zero attached hydrogens (tertiary/aromatic N) is 1. The van der Waals surface area contributed by atoms with Crippen LogP contribution in [0, 0.1) is 5.82 Å². The molecule has 0 saturated heterocycles. The Morgan fingerprint density at radius 3 is 2.70 bits per heavy atom. The average Bonchev–Trinajstić information content (AvgIpc) is 2.48. The zero-order valence-corrected chi connectivity index (χ0v) is 12.9. The number of benzene rings is 1. The van der Waals surface area contributed by atoms with Crippen LogP contribution in [0.15, 0.2) is 66.0 Å². The van der Waals surface area contributed by atoms with Crippen molar-refractivity contribution in [2.45, 2.75) is 6.92 Å². The van der Waals surface area contributed by atoms with Crippen LogP contribution >= 0.6 is 11.6 Å². The third-order valence-corrected chi connectivity index (χ3v) is 3.29. The third kappa shape index (κ3) is 3.43. The zero-order valence-electron chi connectivity index (χ0n) is 12.1. The standard InChI is InChI=1S/C16H13ClF2N2O2/c1-3-6-21-8-11(16(22)23)15(14(19)9(21)2)20-13-5-4-10(17)7-12(13)18/h3-8,20H,2H2,1H3,(H,22,23)/b6-3-. The molecule has 0 atom stereocenters. The van der Waals surface area contributed by atoms with Gasteiger partial charge in [-0.2, -0.15) is 0 Å². The Labute approximate surface area is 136 Å². The lowest BCUT2D eigenvalue weighted by Crippen LogP contribution is -2.23. The summed E-state index contributed by atoms with van der Waals surface area (Å²) in [4.78, 5) is 12.6. The summed E-state index contributed by atoms with van der Waals surface area (Å²) in [5.74, 6) is -2.99. The van der Waals surface area contributed by atoms with Gasteiger partial charge in [-0.1, -0.05) is 24.3 Å². The number of rotatable bonds is 4. The maximum atomic E-state index is 14.5. The van der Waals surface area contributed by atoms with Crippen LogP contribution in [0.4, 0.5) is 14.5 Å². The number of nitrogens with one attached hydrogen (secondary N) is 1. The van der Waals surface area contributed by atoms with Crippen molar-refractivity contribution >= 4 is 23.3 Å². The molecule has 1 aromatic rings. The average molecular weight is 339 g/mol. The van der Waals surface area contributed by atoms with E-state index in [9.17, 15) is 18.7 Å². The fourth-order valence-electron chi connectivity index (χ4n) is 1.96. The highest BCUT2D eigenvalue weighted by Crippen LogP contribution is 2.32. The minimum atomic E-state index is -1.36. The van der Waals surface area contributed by atoms with Crippen LogP contribution in [0.1, 0.15) is 6.92 Å². The fraction of sp³-hybridized carbons (Fsp3) is 0.0625. The molecule has 2 N–H and O–H groups in total. The lowest BCUT2D eigenvalue weighted by atomic mass is 10.1. The summed E-state index contributed by atoms with van der Waals surface area (Å²) in [6, 6.07) is 3.73. The van der Waals surface area contributed by atoms with Crippen LogP contribution in [0.5, 0.6) is 0 Å². The molecule has 0 amide bonds. The van der Waals surface area contributed by atoms with Crippen LogP contribution < -0.4 is 5.32 Å². The normalized spacial score (nSPS) is 15.2. The number of carboxylic acids is 1. The number of carboxylic acid groups (broad SMARTS) is 1. The van der Waals surface area contributed by atoms with Crippen LogP contribution in [0.2, 0.25) is 5.02 Å². The summed E-state index contributed by atoms with van der Waals surface area (Å²) < 4.78 is 28.4. The van der Waals surface area contributed by atoms with Gasteiger partial charge in [0.1, 0.15) is 11.4 Å². The Morgan fingerprint density at radius 1 is 1.43 bits per heavy atom. The maximum absolute atomic E-state index is 14.5. The first-order valence-electron chi connectivity index (χ1n) is 6.53. The lowest BCUT2D eigenvalue weighted by molar-refractivity contribution is -0.132. The van der Waals surface area contributed by atoms with Gasteiger partial charge < -0.3 is 15.3 Å². The van der Waals surface area contributed by atoms with E-state index in [2.05, 4.69) is 11.9 Å². The molecule has 0 bridgehead atoms. The summed E-state index contributed by atoms with van der Waals surface area (Å²) in [7, 11) is 0. The second-order valence-corrected chi connectivity index (χ2v) is 5.06. The molecule has 0 fully saturated rings. The Hall–Kier alpha value is -2.60. The molecule has 7 heteroatoms. The topological polar surface area (TPSA) is 52.6 Å². The highest BCUT2D eigenvalue weighted by molar-refractivity contribution is 6.30. The van der Waals surface area contributed by atoms with Gasteiger partial charge in [0.05, 0.1) is 17.1 Å². The van der Waals surface area contributed by atoms with E-state index >= 15 is 0 Å². The first-order valence-corrected chi connectivity index (χ1v) is 6.90. The fourth-order valence-corrected chi connectivity index (χ4v) is 2.12. The molecule has 1 aliphatic rings. The van der Waals surface area contributed by atoms with E-state index in [1.165, 1.54) is 29.4 Å². The SMILES string of the molecule is C=C1C(F)=C(Nc2ccc(Cl)cc2F)C(C(=O)O)=CN1/C=C\C. The van der Waals surface area contributed by atoms with Crippen molar-refractivity contribution < 1.29 is 18.7 Å². The van der Waals surface area contributed by atoms with Crippen LogP contribution in [0.3, 0.4) is 0 Å². The van der Waals surface area contributed by atoms with E-state index < -0.39 is 17.6 Å². The summed E-state index contributed by atoms with van der Waals surface area (Å²) in [6.07, 6.45) is 4.26. The van der Waals surface area contributed by atoms with Crippen LogP contribution in [-0.4, -0.2) is 16.0 Å². The molecular weight excluding hydrogens is 326 g/mol. The molecule has 1 aromatic carbocycles. The first kappa shape index (κ1) is 16.8. The molecule has 23 heavy (non-hydrogen) atoms. The Morgan fingerprint density at radius 2 is 2.13 bits per heavy atom. The highest BCUT2D eigenvalue weighted by Gasteiger charge is 2.28. The van der Waals surface area contributed by atoms with Crippen molar-refractivity contribution in [2.75, 3.05) is 5.32 Å². The van der Waals surface area contributed by atoms with E-state index in [4.69, 9.17) is 11.6 Å². The molecule has 0 spiro atoms. The minimum absolute atomic E-state index is 0.0648. The van der Waals surface area contributed by atoms with Gasteiger partial charge in [0, 0.05) is 17.4 Å². The van der Waals surface area contributed by atoms with Gasteiger partial charge >= 0.3 is 5.97 Å². The maximum Gasteiger partial charge on any atom is 0.339 e. The van der Waals surface area contributed by atoms with E-state index in [0.717, 1.165) is 6.07 Å². The van der Waals surface area contributed by atoms with Crippen molar-refractivity contribution in [1.82, 2.24) is 4.90 Å². The first-order chi connectivity index (χ1) is 10.8. The molecule has 0 aliphatic carbocycles. The van der Waals surface area contributed by atoms with Crippen LogP contribution in [-0.2, 0) is 4.79 Å². The van der Waals surface area contributed by atoms with E-state index in [-0.39, 0.29) is 27.7 Å². The van der Waals surface area contributed by atoms with Crippen molar-refractivity contribution in [3.63, 3.8) is 0 Å². The number of hydrogen-bond acceptors (Lipinski definition) is 3. The van der Waals surface area contributed by atoms with Gasteiger partial charge in [-0.05, 0) is 25.1 Å². The van der Waals surface area contributed by atoms with Gasteiger partial charge in [-0.3, -0.25) is 0 Å². The number of carbonyl (C=O) groups is 1. The molecule has 2 rings (SSSR count). The molecule has 0 saturated carbocycles. The summed E-state index contributed by atoms with van der Waals surface area (Å²) in [6.45, 7) is 5.26. The second kappa shape index (κ2) is 6.66. The molecule has 4 nitrogen and oxygen atoms in total. The molecule has 0 radical (unpaired) electrons. The van der Waals surface area contributed by atoms with Gasteiger partial charge in [-0.15, -0.1) is 0 Å². The van der Waals surface area contributed by atoms with Gasteiger partial charge in [0.25, 0.3) is 0 Å². The smallest absolute Gasteiger partial charge is 0.339 e. The summed E-state index contributed by atoms with van der Waals surface area (Å²) in [5.41, 5.74) is -0.893. The number of halogens is 3. The Kier molecular flexibility index (Phi) is 4.86. The predicted octanol–water partition coefficient (Wildman–Crippen LogP) is 4.40. The van der Waals surface area contributed by atoms with Crippen molar-refractivity contribution in [1.29, 1.82) is 0 Å². The number of hydrogen-bond donors (Lipinski definition) is 2. The van der Waals surface area contributed by atoms with Crippen LogP contribution in [0.25, 0.3) is 0 Å². The summed E-state index contributed by atoms with van der Waals surface area (Å²) in [5, 5.41) is 11.9. The zero-order chi connectivity index (χ0) is 17.1. The minimum Gasteiger partial charge on any atom is -0.478 e. The predicted molar refractivity (Wildman–Crippen MR) is 84.7 cm³/mol. The largest absolute Gasteiger partial charge is 0.478 e. The van der Waals surface area contributed by atoms with Gasteiger partial charge in [-0.25, -0.2) is 13.6 Å². The Balaban J connectivity index is 2.47. The Bertz CT molecular complexity index is 769. The number of allylic oxidation sites excluding steroid dienone is 2. The molecule has 1 aliphatic heterocycles. The van der Waals surface area contributed by atoms with Crippen molar-refractivity contribution in [2.24, 2.45) is 0 Å². The third-order valence-electron chi connectivity index (χ3n) is 3.05. The molecule has 0 unspecified atom stereocenters. The highest BCUT2D eigenvalue weighted by atomic mass is 35.5. The number of aliphatic carboxylic acids is 1. The van der Waals surface area contributed by atoms with E-state index in [0.29, 0.717) is 0 Å². The van der Waals surface area contributed by atoms with Crippen molar-refractivity contribution in [3.8, 4) is 0 Å². The van der Waals surface area contributed by atoms with E-state index in [1.807, 2.05) is 0 Å². The molecule has 0 aromatic heterocycles. The summed E-state index contributed by atoms with van der Waals surface area (Å²) >= 11 is 5.66. The van der Waals surface area contributed by atoms with Gasteiger partial charge in [0.15, 0.2) is 5.83 Å². The molecule has 1 heterocycles. The lowest BCUT2D eigenvalue weighted by Gasteiger charge is -2.26. The monoisotopic (exact) mass is 338 g/mol. The van der Waals surface area contributed by atoms with E-state index in [1.54, 1.807) is 13.0 Å². The quantitative estimate of drug-likeness (QED) is 0.854. The van der Waals surface area contributed by atoms with Crippen molar-refractivity contribution in [3.05, 3.63) is 76.9 Å². The van der Waals surface area contributed by atoms with Gasteiger partial charge in [0.2, 0.25) is 0 Å². The second-order valence-electron chi connectivity index (χ2n) is 4.62. The number of anilines is 1. The molecule has 120 valence electrons. The molecular formula is C16H13ClF2N2O2.